The average Bonchev–Trinajstić information content (AvgIpc) is 2.41. The van der Waals surface area contributed by atoms with Crippen LogP contribution in [0.3, 0.4) is 0 Å². The van der Waals surface area contributed by atoms with Gasteiger partial charge in [0.25, 0.3) is 10.0 Å². The highest BCUT2D eigenvalue weighted by Crippen LogP contribution is 2.23. The zero-order chi connectivity index (χ0) is 15.6. The van der Waals surface area contributed by atoms with Crippen LogP contribution in [0.4, 0.5) is 5.69 Å². The van der Waals surface area contributed by atoms with Crippen LogP contribution in [0, 0.1) is 0 Å². The van der Waals surface area contributed by atoms with Crippen LogP contribution in [0.15, 0.2) is 41.4 Å². The third-order valence-corrected chi connectivity index (χ3v) is 4.09. The molecule has 0 saturated carbocycles. The van der Waals surface area contributed by atoms with E-state index in [2.05, 4.69) is 9.71 Å². The number of sulfonamides is 1. The Morgan fingerprint density at radius 2 is 1.95 bits per heavy atom. The lowest BCUT2D eigenvalue weighted by Crippen LogP contribution is -2.14. The average molecular weight is 329 g/mol. The molecule has 2 rings (SSSR count). The molecule has 1 heterocycles. The molecule has 2 aromatic rings. The van der Waals surface area contributed by atoms with E-state index < -0.39 is 27.3 Å². The number of carbonyl (C=O) groups is 1. The first-order valence-electron chi connectivity index (χ1n) is 5.50. The van der Waals surface area contributed by atoms with Crippen molar-refractivity contribution in [2.24, 2.45) is 0 Å². The summed E-state index contributed by atoms with van der Waals surface area (Å²) < 4.78 is 26.5. The molecule has 0 bridgehead atoms. The maximum absolute atomic E-state index is 12.1. The molecule has 1 aromatic carbocycles. The lowest BCUT2D eigenvalue weighted by atomic mass is 10.2. The Kier molecular flexibility index (Phi) is 4.01. The number of halogens is 1. The highest BCUT2D eigenvalue weighted by molar-refractivity contribution is 7.92. The molecule has 0 radical (unpaired) electrons. The van der Waals surface area contributed by atoms with Gasteiger partial charge in [-0.15, -0.1) is 0 Å². The van der Waals surface area contributed by atoms with Gasteiger partial charge >= 0.3 is 5.97 Å². The molecule has 0 atom stereocenters. The Labute approximate surface area is 124 Å². The number of hydrogen-bond donors (Lipinski definition) is 3. The summed E-state index contributed by atoms with van der Waals surface area (Å²) >= 11 is 5.59. The smallest absolute Gasteiger partial charge is 0.339 e. The zero-order valence-electron chi connectivity index (χ0n) is 10.3. The van der Waals surface area contributed by atoms with Crippen LogP contribution in [0.2, 0.25) is 5.15 Å². The van der Waals surface area contributed by atoms with Gasteiger partial charge in [0.2, 0.25) is 0 Å². The van der Waals surface area contributed by atoms with E-state index in [1.165, 1.54) is 18.3 Å². The minimum atomic E-state index is -4.01. The second-order valence-corrected chi connectivity index (χ2v) is 6.03. The van der Waals surface area contributed by atoms with E-state index in [0.717, 1.165) is 18.2 Å². The second-order valence-electron chi connectivity index (χ2n) is 3.96. The summed E-state index contributed by atoms with van der Waals surface area (Å²) in [6.07, 6.45) is 1.22. The SMILES string of the molecule is O=C(O)c1cc(S(=O)(=O)Nc2ccc(Cl)nc2)ccc1O. The van der Waals surface area contributed by atoms with E-state index in [1.54, 1.807) is 0 Å². The molecule has 0 aliphatic heterocycles. The Morgan fingerprint density at radius 3 is 2.52 bits per heavy atom. The number of carboxylic acid groups (broad SMARTS) is 1. The standard InChI is InChI=1S/C12H9ClN2O5S/c13-11-4-1-7(6-14-11)15-21(19,20)8-2-3-10(16)9(5-8)12(17)18/h1-6,15-16H,(H,17,18). The lowest BCUT2D eigenvalue weighted by Gasteiger charge is -2.09. The molecule has 0 fully saturated rings. The predicted octanol–water partition coefficient (Wildman–Crippen LogP) is 1.94. The number of aromatic hydroxyl groups is 1. The number of nitrogens with one attached hydrogen (secondary N) is 1. The number of phenols is 1. The second kappa shape index (κ2) is 5.58. The van der Waals surface area contributed by atoms with Gasteiger partial charge in [0, 0.05) is 0 Å². The van der Waals surface area contributed by atoms with E-state index in [-0.39, 0.29) is 15.7 Å². The van der Waals surface area contributed by atoms with Gasteiger partial charge in [-0.3, -0.25) is 4.72 Å². The van der Waals surface area contributed by atoms with Gasteiger partial charge in [-0.05, 0) is 30.3 Å². The van der Waals surface area contributed by atoms with Crippen molar-refractivity contribution in [2.75, 3.05) is 4.72 Å². The van der Waals surface area contributed by atoms with Crippen LogP contribution in [-0.2, 0) is 10.0 Å². The molecule has 3 N–H and O–H groups in total. The van der Waals surface area contributed by atoms with Crippen molar-refractivity contribution in [1.82, 2.24) is 4.98 Å². The molecule has 21 heavy (non-hydrogen) atoms. The number of nitrogens with zero attached hydrogens (tertiary/aromatic N) is 1. The molecule has 0 aliphatic rings. The fourth-order valence-electron chi connectivity index (χ4n) is 1.50. The minimum Gasteiger partial charge on any atom is -0.507 e. The van der Waals surface area contributed by atoms with Crippen LogP contribution >= 0.6 is 11.6 Å². The van der Waals surface area contributed by atoms with Crippen molar-refractivity contribution in [2.45, 2.75) is 4.90 Å². The fourth-order valence-corrected chi connectivity index (χ4v) is 2.68. The normalized spacial score (nSPS) is 11.1. The molecule has 0 aliphatic carbocycles. The molecule has 110 valence electrons. The maximum Gasteiger partial charge on any atom is 0.339 e. The van der Waals surface area contributed by atoms with E-state index in [1.807, 2.05) is 0 Å². The summed E-state index contributed by atoms with van der Waals surface area (Å²) in [5.74, 6) is -1.95. The summed E-state index contributed by atoms with van der Waals surface area (Å²) in [6, 6.07) is 5.76. The van der Waals surface area contributed by atoms with Gasteiger partial charge in [-0.1, -0.05) is 11.6 Å². The minimum absolute atomic E-state index is 0.171. The van der Waals surface area contributed by atoms with Crippen molar-refractivity contribution in [3.05, 3.63) is 47.2 Å². The van der Waals surface area contributed by atoms with Gasteiger partial charge in [0.1, 0.15) is 16.5 Å². The van der Waals surface area contributed by atoms with E-state index in [4.69, 9.17) is 16.7 Å². The van der Waals surface area contributed by atoms with Gasteiger partial charge in [-0.2, -0.15) is 0 Å². The molecule has 0 amide bonds. The van der Waals surface area contributed by atoms with Crippen LogP contribution in [0.25, 0.3) is 0 Å². The van der Waals surface area contributed by atoms with Crippen molar-refractivity contribution < 1.29 is 23.4 Å². The lowest BCUT2D eigenvalue weighted by molar-refractivity contribution is 0.0693. The summed E-state index contributed by atoms with van der Waals surface area (Å²) in [5.41, 5.74) is -0.337. The first-order chi connectivity index (χ1) is 9.79. The molecular formula is C12H9ClN2O5S. The summed E-state index contributed by atoms with van der Waals surface area (Å²) in [4.78, 5) is 14.3. The Bertz CT molecular complexity index is 790. The topological polar surface area (TPSA) is 117 Å². The number of rotatable bonds is 4. The van der Waals surface area contributed by atoms with Crippen LogP contribution < -0.4 is 4.72 Å². The van der Waals surface area contributed by atoms with Crippen molar-refractivity contribution in [1.29, 1.82) is 0 Å². The largest absolute Gasteiger partial charge is 0.507 e. The van der Waals surface area contributed by atoms with E-state index in [0.29, 0.717) is 0 Å². The molecule has 7 nitrogen and oxygen atoms in total. The molecular weight excluding hydrogens is 320 g/mol. The first-order valence-corrected chi connectivity index (χ1v) is 7.36. The maximum atomic E-state index is 12.1. The summed E-state index contributed by atoms with van der Waals surface area (Å²) in [6.45, 7) is 0. The third kappa shape index (κ3) is 3.41. The van der Waals surface area contributed by atoms with Crippen LogP contribution in [0.5, 0.6) is 5.75 Å². The van der Waals surface area contributed by atoms with Gasteiger partial charge in [0.05, 0.1) is 16.8 Å². The molecule has 1 aromatic heterocycles. The van der Waals surface area contributed by atoms with E-state index in [9.17, 15) is 18.3 Å². The zero-order valence-corrected chi connectivity index (χ0v) is 11.9. The highest BCUT2D eigenvalue weighted by Gasteiger charge is 2.19. The summed E-state index contributed by atoms with van der Waals surface area (Å²) in [5, 5.41) is 18.5. The molecule has 9 heteroatoms. The number of benzene rings is 1. The highest BCUT2D eigenvalue weighted by atomic mass is 35.5. The Balaban J connectivity index is 2.38. The number of anilines is 1. The number of aromatic carboxylic acids is 1. The van der Waals surface area contributed by atoms with Crippen molar-refractivity contribution in [3.63, 3.8) is 0 Å². The van der Waals surface area contributed by atoms with Crippen LogP contribution in [-0.4, -0.2) is 29.6 Å². The monoisotopic (exact) mass is 328 g/mol. The van der Waals surface area contributed by atoms with Gasteiger partial charge in [-0.25, -0.2) is 18.2 Å². The van der Waals surface area contributed by atoms with Crippen molar-refractivity contribution in [3.8, 4) is 5.75 Å². The number of hydrogen-bond acceptors (Lipinski definition) is 5. The van der Waals surface area contributed by atoms with Gasteiger partial charge in [0.15, 0.2) is 0 Å². The number of carboxylic acids is 1. The molecule has 0 saturated heterocycles. The molecule has 0 spiro atoms. The third-order valence-electron chi connectivity index (χ3n) is 2.49. The van der Waals surface area contributed by atoms with E-state index >= 15 is 0 Å². The molecule has 0 unspecified atom stereocenters. The summed E-state index contributed by atoms with van der Waals surface area (Å²) in [7, 11) is -4.01. The fraction of sp³-hybridized carbons (Fsp3) is 0. The van der Waals surface area contributed by atoms with Crippen molar-refractivity contribution >= 4 is 33.3 Å². The van der Waals surface area contributed by atoms with Gasteiger partial charge < -0.3 is 10.2 Å². The number of aromatic nitrogens is 1. The van der Waals surface area contributed by atoms with Crippen LogP contribution in [0.1, 0.15) is 10.4 Å². The predicted molar refractivity (Wildman–Crippen MR) is 75.1 cm³/mol. The number of pyridine rings is 1. The first kappa shape index (κ1) is 15.1. The quantitative estimate of drug-likeness (QED) is 0.738. The Morgan fingerprint density at radius 1 is 1.24 bits per heavy atom. The Hall–Kier alpha value is -2.32.